The average molecular weight is 286 g/mol. The minimum absolute atomic E-state index is 0.281. The van der Waals surface area contributed by atoms with E-state index < -0.39 is 0 Å². The Morgan fingerprint density at radius 3 is 2.19 bits per heavy atom. The van der Waals surface area contributed by atoms with E-state index in [2.05, 4.69) is 0 Å². The van der Waals surface area contributed by atoms with E-state index in [-0.39, 0.29) is 6.61 Å². The maximum atomic E-state index is 11.3. The van der Waals surface area contributed by atoms with Crippen LogP contribution in [0.5, 0.6) is 11.5 Å². The molecule has 0 bridgehead atoms. The van der Waals surface area contributed by atoms with E-state index in [0.717, 1.165) is 11.8 Å². The van der Waals surface area contributed by atoms with Gasteiger partial charge in [-0.15, -0.1) is 0 Å². The lowest BCUT2D eigenvalue weighted by Gasteiger charge is -2.14. The van der Waals surface area contributed by atoms with Crippen molar-refractivity contribution in [3.8, 4) is 11.5 Å². The normalized spacial score (nSPS) is 10.2. The van der Waals surface area contributed by atoms with Crippen LogP contribution in [0.2, 0.25) is 0 Å². The highest BCUT2D eigenvalue weighted by Crippen LogP contribution is 2.30. The van der Waals surface area contributed by atoms with Gasteiger partial charge in [-0.3, -0.25) is 4.79 Å². The van der Waals surface area contributed by atoms with E-state index in [0.29, 0.717) is 29.2 Å². The molecule has 0 aliphatic rings. The lowest BCUT2D eigenvalue weighted by Crippen LogP contribution is -2.03. The van der Waals surface area contributed by atoms with E-state index in [9.17, 15) is 4.79 Å². The van der Waals surface area contributed by atoms with Crippen molar-refractivity contribution in [2.24, 2.45) is 0 Å². The average Bonchev–Trinajstić information content (AvgIpc) is 2.55. The third kappa shape index (κ3) is 3.61. The van der Waals surface area contributed by atoms with Crippen molar-refractivity contribution in [3.05, 3.63) is 59.2 Å². The molecule has 110 valence electrons. The van der Waals surface area contributed by atoms with Crippen molar-refractivity contribution < 1.29 is 19.0 Å². The Labute approximate surface area is 124 Å². The second-order valence-corrected chi connectivity index (χ2v) is 4.46. The van der Waals surface area contributed by atoms with E-state index in [1.54, 1.807) is 19.2 Å². The largest absolute Gasteiger partial charge is 0.496 e. The lowest BCUT2D eigenvalue weighted by molar-refractivity contribution is 0.102. The van der Waals surface area contributed by atoms with Gasteiger partial charge in [0.05, 0.1) is 33.0 Å². The van der Waals surface area contributed by atoms with Crippen LogP contribution in [-0.4, -0.2) is 20.5 Å². The predicted molar refractivity (Wildman–Crippen MR) is 79.9 cm³/mol. The monoisotopic (exact) mass is 286 g/mol. The van der Waals surface area contributed by atoms with Gasteiger partial charge in [-0.25, -0.2) is 0 Å². The SMILES string of the molecule is COc1ccc(OC)c(COCc2ccccc2)c1C=O. The van der Waals surface area contributed by atoms with Crippen LogP contribution in [0.1, 0.15) is 21.5 Å². The Balaban J connectivity index is 2.16. The summed E-state index contributed by atoms with van der Waals surface area (Å²) >= 11 is 0. The van der Waals surface area contributed by atoms with E-state index in [4.69, 9.17) is 14.2 Å². The van der Waals surface area contributed by atoms with Crippen LogP contribution in [0.4, 0.5) is 0 Å². The van der Waals surface area contributed by atoms with E-state index >= 15 is 0 Å². The molecule has 0 fully saturated rings. The molecule has 0 saturated heterocycles. The highest BCUT2D eigenvalue weighted by Gasteiger charge is 2.14. The van der Waals surface area contributed by atoms with Crippen molar-refractivity contribution in [1.82, 2.24) is 0 Å². The van der Waals surface area contributed by atoms with Crippen LogP contribution >= 0.6 is 0 Å². The molecule has 2 aromatic rings. The number of ether oxygens (including phenoxy) is 3. The molecule has 0 radical (unpaired) electrons. The molecule has 0 atom stereocenters. The highest BCUT2D eigenvalue weighted by atomic mass is 16.5. The molecule has 0 amide bonds. The van der Waals surface area contributed by atoms with Crippen LogP contribution in [0.25, 0.3) is 0 Å². The molecular formula is C17H18O4. The summed E-state index contributed by atoms with van der Waals surface area (Å²) in [6, 6.07) is 13.3. The van der Waals surface area contributed by atoms with Gasteiger partial charge in [-0.2, -0.15) is 0 Å². The Bertz CT molecular complexity index is 593. The number of benzene rings is 2. The number of aldehydes is 1. The standard InChI is InChI=1S/C17H18O4/c1-19-16-8-9-17(20-2)15(14(16)10-18)12-21-11-13-6-4-3-5-7-13/h3-10H,11-12H2,1-2H3. The summed E-state index contributed by atoms with van der Waals surface area (Å²) in [5.41, 5.74) is 2.24. The van der Waals surface area contributed by atoms with Crippen LogP contribution in [0, 0.1) is 0 Å². The van der Waals surface area contributed by atoms with Gasteiger partial charge in [0.25, 0.3) is 0 Å². The maximum absolute atomic E-state index is 11.3. The number of rotatable bonds is 7. The number of hydrogen-bond donors (Lipinski definition) is 0. The van der Waals surface area contributed by atoms with Crippen LogP contribution in [0.3, 0.4) is 0 Å². The molecule has 21 heavy (non-hydrogen) atoms. The predicted octanol–water partition coefficient (Wildman–Crippen LogP) is 3.23. The third-order valence-electron chi connectivity index (χ3n) is 3.19. The summed E-state index contributed by atoms with van der Waals surface area (Å²) in [5.74, 6) is 1.13. The molecule has 0 aliphatic carbocycles. The number of carbonyl (C=O) groups excluding carboxylic acids is 1. The number of methoxy groups -OCH3 is 2. The zero-order chi connectivity index (χ0) is 15.1. The molecule has 4 heteroatoms. The number of carbonyl (C=O) groups is 1. The summed E-state index contributed by atoms with van der Waals surface area (Å²) < 4.78 is 16.2. The maximum Gasteiger partial charge on any atom is 0.154 e. The quantitative estimate of drug-likeness (QED) is 0.733. The second-order valence-electron chi connectivity index (χ2n) is 4.46. The molecule has 4 nitrogen and oxygen atoms in total. The van der Waals surface area contributed by atoms with Crippen LogP contribution in [-0.2, 0) is 18.0 Å². The first-order chi connectivity index (χ1) is 10.3. The van der Waals surface area contributed by atoms with Gasteiger partial charge in [-0.1, -0.05) is 30.3 Å². The van der Waals surface area contributed by atoms with Crippen molar-refractivity contribution in [1.29, 1.82) is 0 Å². The van der Waals surface area contributed by atoms with Crippen molar-refractivity contribution in [2.75, 3.05) is 14.2 Å². The lowest BCUT2D eigenvalue weighted by atomic mass is 10.1. The van der Waals surface area contributed by atoms with Gasteiger partial charge in [0.2, 0.25) is 0 Å². The Morgan fingerprint density at radius 2 is 1.57 bits per heavy atom. The van der Waals surface area contributed by atoms with Crippen molar-refractivity contribution in [3.63, 3.8) is 0 Å². The minimum atomic E-state index is 0.281. The van der Waals surface area contributed by atoms with Crippen molar-refractivity contribution in [2.45, 2.75) is 13.2 Å². The summed E-state index contributed by atoms with van der Waals surface area (Å²) in [7, 11) is 3.10. The molecule has 0 unspecified atom stereocenters. The first-order valence-electron chi connectivity index (χ1n) is 6.60. The first kappa shape index (κ1) is 15.1. The van der Waals surface area contributed by atoms with Crippen LogP contribution in [0.15, 0.2) is 42.5 Å². The van der Waals surface area contributed by atoms with Gasteiger partial charge < -0.3 is 14.2 Å². The fraction of sp³-hybridized carbons (Fsp3) is 0.235. The highest BCUT2D eigenvalue weighted by molar-refractivity contribution is 5.83. The molecule has 0 spiro atoms. The van der Waals surface area contributed by atoms with Gasteiger partial charge in [0, 0.05) is 5.56 Å². The molecule has 2 aromatic carbocycles. The van der Waals surface area contributed by atoms with Gasteiger partial charge in [-0.05, 0) is 17.7 Å². The molecule has 0 N–H and O–H groups in total. The minimum Gasteiger partial charge on any atom is -0.496 e. The molecular weight excluding hydrogens is 268 g/mol. The molecule has 0 aliphatic heterocycles. The summed E-state index contributed by atoms with van der Waals surface area (Å²) in [4.78, 5) is 11.3. The fourth-order valence-corrected chi connectivity index (χ4v) is 2.12. The summed E-state index contributed by atoms with van der Waals surface area (Å²) in [5, 5.41) is 0. The Hall–Kier alpha value is -2.33. The zero-order valence-electron chi connectivity index (χ0n) is 12.2. The molecule has 2 rings (SSSR count). The Kier molecular flexibility index (Phi) is 5.35. The van der Waals surface area contributed by atoms with Crippen LogP contribution < -0.4 is 9.47 Å². The summed E-state index contributed by atoms with van der Waals surface area (Å²) in [6.45, 7) is 0.753. The van der Waals surface area contributed by atoms with E-state index in [1.807, 2.05) is 30.3 Å². The smallest absolute Gasteiger partial charge is 0.154 e. The van der Waals surface area contributed by atoms with Gasteiger partial charge in [0.15, 0.2) is 6.29 Å². The fourth-order valence-electron chi connectivity index (χ4n) is 2.12. The topological polar surface area (TPSA) is 44.8 Å². The zero-order valence-corrected chi connectivity index (χ0v) is 12.2. The number of hydrogen-bond acceptors (Lipinski definition) is 4. The van der Waals surface area contributed by atoms with Gasteiger partial charge >= 0.3 is 0 Å². The Morgan fingerprint density at radius 1 is 0.905 bits per heavy atom. The third-order valence-corrected chi connectivity index (χ3v) is 3.19. The second kappa shape index (κ2) is 7.45. The van der Waals surface area contributed by atoms with Crippen molar-refractivity contribution >= 4 is 6.29 Å². The molecule has 0 aromatic heterocycles. The summed E-state index contributed by atoms with van der Waals surface area (Å²) in [6.07, 6.45) is 0.766. The van der Waals surface area contributed by atoms with Gasteiger partial charge in [0.1, 0.15) is 11.5 Å². The molecule has 0 heterocycles. The molecule has 0 saturated carbocycles. The van der Waals surface area contributed by atoms with E-state index in [1.165, 1.54) is 7.11 Å². The first-order valence-corrected chi connectivity index (χ1v) is 6.60.